The summed E-state index contributed by atoms with van der Waals surface area (Å²) in [7, 11) is 0. The molecule has 0 aliphatic heterocycles. The van der Waals surface area contributed by atoms with Crippen molar-refractivity contribution in [3.05, 3.63) is 23.7 Å². The predicted octanol–water partition coefficient (Wildman–Crippen LogP) is 1.37. The smallest absolute Gasteiger partial charge is 0.129 e. The van der Waals surface area contributed by atoms with Crippen molar-refractivity contribution in [2.45, 2.75) is 32.9 Å². The first kappa shape index (κ1) is 13.2. The van der Waals surface area contributed by atoms with Crippen LogP contribution < -0.4 is 0 Å². The van der Waals surface area contributed by atoms with Crippen LogP contribution in [0.1, 0.15) is 31.3 Å². The van der Waals surface area contributed by atoms with Gasteiger partial charge in [-0.2, -0.15) is 0 Å². The Bertz CT molecular complexity index is 286. The van der Waals surface area contributed by atoms with Crippen LogP contribution in [0.25, 0.3) is 0 Å². The van der Waals surface area contributed by atoms with E-state index < -0.39 is 0 Å². The second-order valence-corrected chi connectivity index (χ2v) is 3.88. The van der Waals surface area contributed by atoms with Gasteiger partial charge in [-0.05, 0) is 25.1 Å². The molecule has 0 radical (unpaired) electrons. The molecular weight excluding hydrogens is 206 g/mol. The maximum Gasteiger partial charge on any atom is 0.129 e. The van der Waals surface area contributed by atoms with Gasteiger partial charge in [-0.15, -0.1) is 0 Å². The molecule has 4 nitrogen and oxygen atoms in total. The molecule has 1 heterocycles. The summed E-state index contributed by atoms with van der Waals surface area (Å²) in [5.41, 5.74) is 0. The van der Waals surface area contributed by atoms with Gasteiger partial charge in [0.15, 0.2) is 0 Å². The van der Waals surface area contributed by atoms with E-state index in [-0.39, 0.29) is 13.2 Å². The third-order valence-corrected chi connectivity index (χ3v) is 2.50. The van der Waals surface area contributed by atoms with E-state index in [1.54, 1.807) is 6.07 Å². The van der Waals surface area contributed by atoms with Crippen LogP contribution >= 0.6 is 0 Å². The molecule has 0 atom stereocenters. The SMILES string of the molecule is CCCCN(CCO)Cc1ccc(CO)o1. The number of rotatable bonds is 8. The molecule has 0 aliphatic carbocycles. The lowest BCUT2D eigenvalue weighted by Gasteiger charge is -2.19. The van der Waals surface area contributed by atoms with Gasteiger partial charge in [-0.1, -0.05) is 13.3 Å². The van der Waals surface area contributed by atoms with Crippen molar-refractivity contribution in [2.24, 2.45) is 0 Å². The van der Waals surface area contributed by atoms with Gasteiger partial charge in [-0.25, -0.2) is 0 Å². The van der Waals surface area contributed by atoms with Gasteiger partial charge in [-0.3, -0.25) is 4.90 Å². The fourth-order valence-electron chi connectivity index (χ4n) is 1.61. The van der Waals surface area contributed by atoms with Gasteiger partial charge < -0.3 is 14.6 Å². The van der Waals surface area contributed by atoms with Crippen molar-refractivity contribution < 1.29 is 14.6 Å². The second-order valence-electron chi connectivity index (χ2n) is 3.88. The van der Waals surface area contributed by atoms with E-state index in [4.69, 9.17) is 14.6 Å². The summed E-state index contributed by atoms with van der Waals surface area (Å²) in [6, 6.07) is 3.66. The molecule has 4 heteroatoms. The lowest BCUT2D eigenvalue weighted by Crippen LogP contribution is -2.27. The Morgan fingerprint density at radius 3 is 2.50 bits per heavy atom. The normalized spacial score (nSPS) is 11.2. The van der Waals surface area contributed by atoms with E-state index in [9.17, 15) is 0 Å². The minimum Gasteiger partial charge on any atom is -0.462 e. The van der Waals surface area contributed by atoms with Crippen LogP contribution in [0.3, 0.4) is 0 Å². The molecule has 0 fully saturated rings. The van der Waals surface area contributed by atoms with Gasteiger partial charge >= 0.3 is 0 Å². The minimum absolute atomic E-state index is 0.0606. The number of hydrogen-bond donors (Lipinski definition) is 2. The van der Waals surface area contributed by atoms with Crippen molar-refractivity contribution in [2.75, 3.05) is 19.7 Å². The molecule has 1 rings (SSSR count). The monoisotopic (exact) mass is 227 g/mol. The number of aliphatic hydroxyl groups excluding tert-OH is 2. The first-order valence-electron chi connectivity index (χ1n) is 5.81. The Hall–Kier alpha value is -0.840. The average Bonchev–Trinajstić information content (AvgIpc) is 2.74. The third-order valence-electron chi connectivity index (χ3n) is 2.50. The van der Waals surface area contributed by atoms with E-state index in [0.717, 1.165) is 25.1 Å². The molecule has 16 heavy (non-hydrogen) atoms. The van der Waals surface area contributed by atoms with Crippen molar-refractivity contribution in [3.8, 4) is 0 Å². The predicted molar refractivity (Wildman–Crippen MR) is 61.9 cm³/mol. The highest BCUT2D eigenvalue weighted by atomic mass is 16.4. The van der Waals surface area contributed by atoms with Crippen molar-refractivity contribution in [3.63, 3.8) is 0 Å². The zero-order valence-corrected chi connectivity index (χ0v) is 9.85. The summed E-state index contributed by atoms with van der Waals surface area (Å²) >= 11 is 0. The summed E-state index contributed by atoms with van der Waals surface area (Å²) in [5, 5.41) is 17.8. The molecule has 92 valence electrons. The van der Waals surface area contributed by atoms with Crippen LogP contribution in [0, 0.1) is 0 Å². The Balaban J connectivity index is 2.46. The average molecular weight is 227 g/mol. The van der Waals surface area contributed by atoms with Gasteiger partial charge in [0.25, 0.3) is 0 Å². The Labute approximate surface area is 96.5 Å². The fourth-order valence-corrected chi connectivity index (χ4v) is 1.61. The lowest BCUT2D eigenvalue weighted by molar-refractivity contribution is 0.174. The zero-order valence-electron chi connectivity index (χ0n) is 9.85. The van der Waals surface area contributed by atoms with Crippen molar-refractivity contribution in [1.82, 2.24) is 4.90 Å². The van der Waals surface area contributed by atoms with Gasteiger partial charge in [0.05, 0.1) is 13.2 Å². The zero-order chi connectivity index (χ0) is 11.8. The molecular formula is C12H21NO3. The lowest BCUT2D eigenvalue weighted by atomic mass is 10.3. The maximum absolute atomic E-state index is 8.95. The molecule has 2 N–H and O–H groups in total. The van der Waals surface area contributed by atoms with E-state index in [1.165, 1.54) is 0 Å². The number of hydrogen-bond acceptors (Lipinski definition) is 4. The van der Waals surface area contributed by atoms with Crippen LogP contribution in [-0.2, 0) is 13.2 Å². The summed E-state index contributed by atoms with van der Waals surface area (Å²) < 4.78 is 5.42. The Morgan fingerprint density at radius 2 is 1.94 bits per heavy atom. The van der Waals surface area contributed by atoms with Crippen LogP contribution in [-0.4, -0.2) is 34.8 Å². The summed E-state index contributed by atoms with van der Waals surface area (Å²) in [6.07, 6.45) is 2.26. The molecule has 1 aromatic heterocycles. The maximum atomic E-state index is 8.95. The quantitative estimate of drug-likeness (QED) is 0.704. The number of furan rings is 1. The largest absolute Gasteiger partial charge is 0.462 e. The number of unbranched alkanes of at least 4 members (excludes halogenated alkanes) is 1. The van der Waals surface area contributed by atoms with E-state index >= 15 is 0 Å². The highest BCUT2D eigenvalue weighted by Crippen LogP contribution is 2.11. The fraction of sp³-hybridized carbons (Fsp3) is 0.667. The van der Waals surface area contributed by atoms with Crippen LogP contribution in [0.4, 0.5) is 0 Å². The summed E-state index contributed by atoms with van der Waals surface area (Å²) in [6.45, 7) is 4.57. The molecule has 0 saturated heterocycles. The molecule has 0 saturated carbocycles. The summed E-state index contributed by atoms with van der Waals surface area (Å²) in [4.78, 5) is 2.16. The molecule has 0 unspecified atom stereocenters. The molecule has 0 bridgehead atoms. The topological polar surface area (TPSA) is 56.8 Å². The van der Waals surface area contributed by atoms with E-state index in [1.807, 2.05) is 6.07 Å². The third kappa shape index (κ3) is 4.35. The highest BCUT2D eigenvalue weighted by Gasteiger charge is 2.08. The number of nitrogens with zero attached hydrogens (tertiary/aromatic N) is 1. The number of aliphatic hydroxyl groups is 2. The van der Waals surface area contributed by atoms with Gasteiger partial charge in [0.2, 0.25) is 0 Å². The molecule has 0 aliphatic rings. The molecule has 0 aromatic carbocycles. The van der Waals surface area contributed by atoms with Crippen molar-refractivity contribution >= 4 is 0 Å². The Kier molecular flexibility index (Phi) is 6.15. The molecule has 1 aromatic rings. The van der Waals surface area contributed by atoms with Crippen LogP contribution in [0.2, 0.25) is 0 Å². The first-order valence-corrected chi connectivity index (χ1v) is 5.81. The standard InChI is InChI=1S/C12H21NO3/c1-2-3-6-13(7-8-14)9-11-4-5-12(10-15)16-11/h4-5,14-15H,2-3,6-10H2,1H3. The van der Waals surface area contributed by atoms with E-state index in [0.29, 0.717) is 18.8 Å². The highest BCUT2D eigenvalue weighted by molar-refractivity contribution is 5.06. The van der Waals surface area contributed by atoms with E-state index in [2.05, 4.69) is 11.8 Å². The van der Waals surface area contributed by atoms with Gasteiger partial charge in [0.1, 0.15) is 18.1 Å². The first-order chi connectivity index (χ1) is 7.80. The van der Waals surface area contributed by atoms with Crippen molar-refractivity contribution in [1.29, 1.82) is 0 Å². The molecule has 0 spiro atoms. The summed E-state index contributed by atoms with van der Waals surface area (Å²) in [5.74, 6) is 1.43. The van der Waals surface area contributed by atoms with Crippen LogP contribution in [0.5, 0.6) is 0 Å². The Morgan fingerprint density at radius 1 is 1.19 bits per heavy atom. The second kappa shape index (κ2) is 7.44. The van der Waals surface area contributed by atoms with Gasteiger partial charge in [0, 0.05) is 6.54 Å². The van der Waals surface area contributed by atoms with Crippen LogP contribution in [0.15, 0.2) is 16.5 Å². The minimum atomic E-state index is -0.0606. The molecule has 0 amide bonds.